The summed E-state index contributed by atoms with van der Waals surface area (Å²) < 4.78 is 6.92. The average molecular weight is 227 g/mol. The molecule has 0 aliphatic carbocycles. The van der Waals surface area contributed by atoms with Gasteiger partial charge in [0, 0.05) is 20.1 Å². The zero-order valence-corrected chi connectivity index (χ0v) is 10.4. The Bertz CT molecular complexity index is 312. The molecule has 1 rings (SSSR count). The second-order valence-corrected chi connectivity index (χ2v) is 4.46. The lowest BCUT2D eigenvalue weighted by Gasteiger charge is -2.17. The van der Waals surface area contributed by atoms with E-state index in [0.29, 0.717) is 12.3 Å². The van der Waals surface area contributed by atoms with Crippen molar-refractivity contribution >= 4 is 0 Å². The van der Waals surface area contributed by atoms with Gasteiger partial charge < -0.3 is 9.84 Å². The highest BCUT2D eigenvalue weighted by Gasteiger charge is 2.17. The molecule has 1 aromatic heterocycles. The maximum absolute atomic E-state index is 9.84. The summed E-state index contributed by atoms with van der Waals surface area (Å²) in [5, 5.41) is 14.0. The SMILES string of the molecule is COC(C)C(O)Cc1ncnn1CC(C)C. The first kappa shape index (κ1) is 13.1. The van der Waals surface area contributed by atoms with Gasteiger partial charge >= 0.3 is 0 Å². The molecule has 0 aliphatic heterocycles. The fourth-order valence-electron chi connectivity index (χ4n) is 1.45. The first-order valence-electron chi connectivity index (χ1n) is 5.62. The first-order chi connectivity index (χ1) is 7.54. The van der Waals surface area contributed by atoms with Crippen LogP contribution < -0.4 is 0 Å². The second-order valence-electron chi connectivity index (χ2n) is 4.46. The van der Waals surface area contributed by atoms with E-state index < -0.39 is 6.10 Å². The standard InChI is InChI=1S/C11H21N3O2/c1-8(2)6-14-11(12-7-13-14)5-10(15)9(3)16-4/h7-10,15H,5-6H2,1-4H3. The van der Waals surface area contributed by atoms with Crippen molar-refractivity contribution in [1.29, 1.82) is 0 Å². The monoisotopic (exact) mass is 227 g/mol. The van der Waals surface area contributed by atoms with E-state index >= 15 is 0 Å². The van der Waals surface area contributed by atoms with Crippen LogP contribution in [0.2, 0.25) is 0 Å². The lowest BCUT2D eigenvalue weighted by molar-refractivity contribution is -0.00108. The van der Waals surface area contributed by atoms with E-state index in [2.05, 4.69) is 23.9 Å². The van der Waals surface area contributed by atoms with Crippen LogP contribution in [0, 0.1) is 5.92 Å². The van der Waals surface area contributed by atoms with Gasteiger partial charge in [-0.3, -0.25) is 0 Å². The van der Waals surface area contributed by atoms with Crippen molar-refractivity contribution in [1.82, 2.24) is 14.8 Å². The Kier molecular flexibility index (Phi) is 4.89. The van der Waals surface area contributed by atoms with Crippen LogP contribution in [0.4, 0.5) is 0 Å². The fourth-order valence-corrected chi connectivity index (χ4v) is 1.45. The molecule has 1 aromatic rings. The van der Waals surface area contributed by atoms with E-state index in [0.717, 1.165) is 12.4 Å². The van der Waals surface area contributed by atoms with Crippen molar-refractivity contribution in [2.75, 3.05) is 7.11 Å². The van der Waals surface area contributed by atoms with Crippen molar-refractivity contribution in [3.63, 3.8) is 0 Å². The molecule has 2 unspecified atom stereocenters. The third-order valence-electron chi connectivity index (χ3n) is 2.54. The summed E-state index contributed by atoms with van der Waals surface area (Å²) in [5.74, 6) is 1.32. The predicted octanol–water partition coefficient (Wildman–Crippen LogP) is 0.872. The molecule has 0 saturated heterocycles. The van der Waals surface area contributed by atoms with E-state index in [9.17, 15) is 5.11 Å². The number of aliphatic hydroxyl groups excluding tert-OH is 1. The number of methoxy groups -OCH3 is 1. The van der Waals surface area contributed by atoms with Gasteiger partial charge in [0.2, 0.25) is 0 Å². The van der Waals surface area contributed by atoms with Gasteiger partial charge in [-0.2, -0.15) is 5.10 Å². The Balaban J connectivity index is 2.62. The lowest BCUT2D eigenvalue weighted by atomic mass is 10.1. The number of ether oxygens (including phenoxy) is 1. The summed E-state index contributed by atoms with van der Waals surface area (Å²) in [6, 6.07) is 0. The first-order valence-corrected chi connectivity index (χ1v) is 5.62. The van der Waals surface area contributed by atoms with E-state index in [1.54, 1.807) is 7.11 Å². The van der Waals surface area contributed by atoms with Gasteiger partial charge in [-0.05, 0) is 12.8 Å². The minimum absolute atomic E-state index is 0.191. The maximum atomic E-state index is 9.84. The second kappa shape index (κ2) is 5.96. The quantitative estimate of drug-likeness (QED) is 0.783. The summed E-state index contributed by atoms with van der Waals surface area (Å²) in [4.78, 5) is 4.16. The number of aromatic nitrogens is 3. The topological polar surface area (TPSA) is 60.2 Å². The maximum Gasteiger partial charge on any atom is 0.138 e. The summed E-state index contributed by atoms with van der Waals surface area (Å²) in [6.45, 7) is 6.91. The van der Waals surface area contributed by atoms with Crippen molar-refractivity contribution in [3.8, 4) is 0 Å². The Morgan fingerprint density at radius 3 is 2.69 bits per heavy atom. The Labute approximate surface area is 96.5 Å². The molecule has 2 atom stereocenters. The van der Waals surface area contributed by atoms with Gasteiger partial charge in [0.05, 0.1) is 12.2 Å². The highest BCUT2D eigenvalue weighted by Crippen LogP contribution is 2.07. The number of aliphatic hydroxyl groups is 1. The molecule has 1 N–H and O–H groups in total. The molecular weight excluding hydrogens is 206 g/mol. The van der Waals surface area contributed by atoms with Crippen LogP contribution in [0.5, 0.6) is 0 Å². The minimum Gasteiger partial charge on any atom is -0.390 e. The van der Waals surface area contributed by atoms with Crippen LogP contribution >= 0.6 is 0 Å². The fraction of sp³-hybridized carbons (Fsp3) is 0.818. The third kappa shape index (κ3) is 3.57. The largest absolute Gasteiger partial charge is 0.390 e. The van der Waals surface area contributed by atoms with Gasteiger partial charge in [0.25, 0.3) is 0 Å². The predicted molar refractivity (Wildman–Crippen MR) is 61.0 cm³/mol. The number of hydrogen-bond acceptors (Lipinski definition) is 4. The highest BCUT2D eigenvalue weighted by molar-refractivity contribution is 4.89. The van der Waals surface area contributed by atoms with Gasteiger partial charge in [-0.15, -0.1) is 0 Å². The number of hydrogen-bond donors (Lipinski definition) is 1. The normalized spacial score (nSPS) is 15.4. The number of nitrogens with zero attached hydrogens (tertiary/aromatic N) is 3. The van der Waals surface area contributed by atoms with Gasteiger partial charge in [0.1, 0.15) is 12.2 Å². The van der Waals surface area contributed by atoms with Crippen LogP contribution in [0.1, 0.15) is 26.6 Å². The van der Waals surface area contributed by atoms with Crippen molar-refractivity contribution in [2.24, 2.45) is 5.92 Å². The van der Waals surface area contributed by atoms with Crippen LogP contribution in [-0.4, -0.2) is 39.2 Å². The molecule has 92 valence electrons. The summed E-state index contributed by atoms with van der Waals surface area (Å²) in [5.41, 5.74) is 0. The Morgan fingerprint density at radius 1 is 1.44 bits per heavy atom. The van der Waals surface area contributed by atoms with Crippen LogP contribution in [0.15, 0.2) is 6.33 Å². The molecule has 0 aromatic carbocycles. The molecule has 16 heavy (non-hydrogen) atoms. The van der Waals surface area contributed by atoms with E-state index in [4.69, 9.17) is 4.74 Å². The molecule has 5 nitrogen and oxygen atoms in total. The van der Waals surface area contributed by atoms with Gasteiger partial charge in [-0.25, -0.2) is 9.67 Å². The zero-order valence-electron chi connectivity index (χ0n) is 10.4. The molecule has 5 heteroatoms. The molecule has 0 spiro atoms. The summed E-state index contributed by atoms with van der Waals surface area (Å²) in [7, 11) is 1.59. The van der Waals surface area contributed by atoms with Crippen molar-refractivity contribution in [3.05, 3.63) is 12.2 Å². The molecule has 0 saturated carbocycles. The molecule has 0 aliphatic rings. The molecule has 0 bridgehead atoms. The minimum atomic E-state index is -0.542. The smallest absolute Gasteiger partial charge is 0.138 e. The lowest BCUT2D eigenvalue weighted by Crippen LogP contribution is -2.28. The van der Waals surface area contributed by atoms with Crippen molar-refractivity contribution < 1.29 is 9.84 Å². The number of rotatable bonds is 6. The summed E-state index contributed by atoms with van der Waals surface area (Å²) in [6.07, 6.45) is 1.27. The van der Waals surface area contributed by atoms with Crippen LogP contribution in [0.3, 0.4) is 0 Å². The highest BCUT2D eigenvalue weighted by atomic mass is 16.5. The Hall–Kier alpha value is -0.940. The molecule has 0 fully saturated rings. The third-order valence-corrected chi connectivity index (χ3v) is 2.54. The van der Waals surface area contributed by atoms with Gasteiger partial charge in [-0.1, -0.05) is 13.8 Å². The zero-order chi connectivity index (χ0) is 12.1. The molecule has 0 amide bonds. The van der Waals surface area contributed by atoms with E-state index in [1.165, 1.54) is 6.33 Å². The summed E-state index contributed by atoms with van der Waals surface area (Å²) >= 11 is 0. The van der Waals surface area contributed by atoms with Gasteiger partial charge in [0.15, 0.2) is 0 Å². The van der Waals surface area contributed by atoms with E-state index in [-0.39, 0.29) is 6.10 Å². The molecule has 0 radical (unpaired) electrons. The molecule has 1 heterocycles. The molecular formula is C11H21N3O2. The van der Waals surface area contributed by atoms with Crippen molar-refractivity contribution in [2.45, 2.75) is 45.9 Å². The van der Waals surface area contributed by atoms with Crippen LogP contribution in [-0.2, 0) is 17.7 Å². The Morgan fingerprint density at radius 2 is 2.12 bits per heavy atom. The van der Waals surface area contributed by atoms with E-state index in [1.807, 2.05) is 11.6 Å². The average Bonchev–Trinajstić information content (AvgIpc) is 2.63. The van der Waals surface area contributed by atoms with Crippen LogP contribution in [0.25, 0.3) is 0 Å².